The first-order valence-corrected chi connectivity index (χ1v) is 7.06. The molecule has 0 fully saturated rings. The Bertz CT molecular complexity index is 876. The highest BCUT2D eigenvalue weighted by molar-refractivity contribution is 6.01. The summed E-state index contributed by atoms with van der Waals surface area (Å²) in [6.07, 6.45) is 0. The van der Waals surface area contributed by atoms with Crippen LogP contribution in [0.2, 0.25) is 0 Å². The van der Waals surface area contributed by atoms with Crippen LogP contribution in [0.1, 0.15) is 10.4 Å². The third-order valence-electron chi connectivity index (χ3n) is 3.64. The van der Waals surface area contributed by atoms with Crippen LogP contribution in [0.4, 0.5) is 5.69 Å². The molecule has 2 N–H and O–H groups in total. The van der Waals surface area contributed by atoms with Gasteiger partial charge in [-0.3, -0.25) is 0 Å². The Morgan fingerprint density at radius 1 is 1.09 bits per heavy atom. The molecule has 5 heteroatoms. The second-order valence-corrected chi connectivity index (χ2v) is 5.02. The number of hydrogen-bond acceptors (Lipinski definition) is 5. The van der Waals surface area contributed by atoms with Crippen LogP contribution in [-0.4, -0.2) is 25.2 Å². The minimum Gasteiger partial charge on any atom is -0.496 e. The summed E-state index contributed by atoms with van der Waals surface area (Å²) < 4.78 is 10.1. The van der Waals surface area contributed by atoms with E-state index in [2.05, 4.69) is 4.98 Å². The first-order valence-electron chi connectivity index (χ1n) is 7.06. The molecular weight excluding hydrogens is 292 g/mol. The number of nitrogens with two attached hydrogens (primary N) is 1. The van der Waals surface area contributed by atoms with Gasteiger partial charge in [-0.15, -0.1) is 0 Å². The summed E-state index contributed by atoms with van der Waals surface area (Å²) in [5.74, 6) is -0.0725. The van der Waals surface area contributed by atoms with Crippen molar-refractivity contribution in [2.45, 2.75) is 0 Å². The lowest BCUT2D eigenvalue weighted by Gasteiger charge is -2.11. The van der Waals surface area contributed by atoms with Crippen molar-refractivity contribution < 1.29 is 14.3 Å². The average Bonchev–Trinajstić information content (AvgIpc) is 2.60. The number of nitrogen functional groups attached to an aromatic ring is 1. The molecule has 1 heterocycles. The zero-order valence-corrected chi connectivity index (χ0v) is 12.9. The number of anilines is 1. The van der Waals surface area contributed by atoms with E-state index in [0.717, 1.165) is 11.3 Å². The molecule has 3 aromatic rings. The fraction of sp³-hybridized carbons (Fsp3) is 0.111. The maximum atomic E-state index is 11.9. The van der Waals surface area contributed by atoms with Crippen LogP contribution < -0.4 is 10.5 Å². The van der Waals surface area contributed by atoms with E-state index in [1.54, 1.807) is 18.2 Å². The number of benzene rings is 2. The summed E-state index contributed by atoms with van der Waals surface area (Å²) in [6, 6.07) is 14.9. The molecule has 0 spiro atoms. The van der Waals surface area contributed by atoms with E-state index in [-0.39, 0.29) is 0 Å². The second kappa shape index (κ2) is 5.96. The molecule has 1 aromatic heterocycles. The Kier molecular flexibility index (Phi) is 3.85. The van der Waals surface area contributed by atoms with Crippen molar-refractivity contribution in [1.29, 1.82) is 0 Å². The zero-order chi connectivity index (χ0) is 16.4. The molecule has 2 aromatic carbocycles. The van der Waals surface area contributed by atoms with Gasteiger partial charge in [0.1, 0.15) is 11.3 Å². The van der Waals surface area contributed by atoms with E-state index < -0.39 is 5.97 Å². The molecule has 5 nitrogen and oxygen atoms in total. The van der Waals surface area contributed by atoms with Crippen LogP contribution in [0.15, 0.2) is 48.5 Å². The van der Waals surface area contributed by atoms with Crippen molar-refractivity contribution in [2.24, 2.45) is 0 Å². The van der Waals surface area contributed by atoms with Gasteiger partial charge in [-0.2, -0.15) is 0 Å². The summed E-state index contributed by atoms with van der Waals surface area (Å²) in [7, 11) is 2.82. The topological polar surface area (TPSA) is 74.4 Å². The third kappa shape index (κ3) is 2.68. The van der Waals surface area contributed by atoms with Crippen molar-refractivity contribution in [3.8, 4) is 17.0 Å². The number of fused-ring (bicyclic) bond motifs is 1. The highest BCUT2D eigenvalue weighted by Crippen LogP contribution is 2.31. The van der Waals surface area contributed by atoms with Gasteiger partial charge in [0.2, 0.25) is 0 Å². The van der Waals surface area contributed by atoms with E-state index in [1.165, 1.54) is 14.2 Å². The minimum absolute atomic E-state index is 0.323. The highest BCUT2D eigenvalue weighted by atomic mass is 16.5. The molecule has 116 valence electrons. The number of aromatic nitrogens is 1. The molecule has 0 radical (unpaired) electrons. The summed E-state index contributed by atoms with van der Waals surface area (Å²) >= 11 is 0. The predicted molar refractivity (Wildman–Crippen MR) is 89.5 cm³/mol. The maximum absolute atomic E-state index is 11.9. The number of ether oxygens (including phenoxy) is 2. The van der Waals surface area contributed by atoms with Gasteiger partial charge in [-0.1, -0.05) is 30.3 Å². The number of esters is 1. The summed E-state index contributed by atoms with van der Waals surface area (Å²) in [4.78, 5) is 16.5. The number of methoxy groups -OCH3 is 2. The normalized spacial score (nSPS) is 10.5. The molecular formula is C18H16N2O3. The number of hydrogen-bond donors (Lipinski definition) is 1. The van der Waals surface area contributed by atoms with E-state index in [1.807, 2.05) is 30.3 Å². The van der Waals surface area contributed by atoms with Gasteiger partial charge in [0, 0.05) is 22.7 Å². The second-order valence-electron chi connectivity index (χ2n) is 5.02. The highest BCUT2D eigenvalue weighted by Gasteiger charge is 2.16. The molecule has 0 unspecified atom stereocenters. The number of nitrogens with zero attached hydrogens (tertiary/aromatic N) is 1. The van der Waals surface area contributed by atoms with Crippen molar-refractivity contribution in [3.63, 3.8) is 0 Å². The van der Waals surface area contributed by atoms with Crippen LogP contribution in [0.25, 0.3) is 22.2 Å². The zero-order valence-electron chi connectivity index (χ0n) is 12.9. The number of pyridine rings is 1. The number of rotatable bonds is 3. The number of carbonyl (C=O) groups excluding carboxylic acids is 1. The molecule has 0 saturated heterocycles. The molecule has 23 heavy (non-hydrogen) atoms. The van der Waals surface area contributed by atoms with Gasteiger partial charge in [0.05, 0.1) is 25.4 Å². The first-order chi connectivity index (χ1) is 11.1. The predicted octanol–water partition coefficient (Wildman–Crippen LogP) is 3.28. The van der Waals surface area contributed by atoms with Gasteiger partial charge in [-0.25, -0.2) is 9.78 Å². The van der Waals surface area contributed by atoms with Gasteiger partial charge in [0.15, 0.2) is 0 Å². The molecule has 0 saturated carbocycles. The van der Waals surface area contributed by atoms with Gasteiger partial charge in [-0.05, 0) is 12.1 Å². The van der Waals surface area contributed by atoms with Crippen molar-refractivity contribution in [3.05, 3.63) is 54.1 Å². The van der Waals surface area contributed by atoms with Gasteiger partial charge < -0.3 is 15.2 Å². The lowest BCUT2D eigenvalue weighted by Crippen LogP contribution is -2.05. The summed E-state index contributed by atoms with van der Waals surface area (Å²) in [6.45, 7) is 0. The standard InChI is InChI=1S/C18H16N2O3/c1-22-17-10-16-12(8-13(17)18(21)23-2)14(19)9-15(20-16)11-6-4-3-5-7-11/h3-10H,1-2H3,(H2,19,20). The molecule has 0 amide bonds. The molecule has 0 atom stereocenters. The Morgan fingerprint density at radius 2 is 1.83 bits per heavy atom. The van der Waals surface area contributed by atoms with Crippen LogP contribution >= 0.6 is 0 Å². The summed E-state index contributed by atoms with van der Waals surface area (Å²) in [5.41, 5.74) is 9.43. The first kappa shape index (κ1) is 14.8. The monoisotopic (exact) mass is 308 g/mol. The average molecular weight is 308 g/mol. The van der Waals surface area contributed by atoms with E-state index >= 15 is 0 Å². The largest absolute Gasteiger partial charge is 0.496 e. The van der Waals surface area contributed by atoms with E-state index in [4.69, 9.17) is 15.2 Å². The quantitative estimate of drug-likeness (QED) is 0.752. The Labute approximate surface area is 133 Å². The van der Waals surface area contributed by atoms with Crippen LogP contribution in [0.5, 0.6) is 5.75 Å². The van der Waals surface area contributed by atoms with Gasteiger partial charge >= 0.3 is 5.97 Å². The van der Waals surface area contributed by atoms with Crippen molar-refractivity contribution in [2.75, 3.05) is 20.0 Å². The fourth-order valence-corrected chi connectivity index (χ4v) is 2.48. The van der Waals surface area contributed by atoms with Gasteiger partial charge in [0.25, 0.3) is 0 Å². The smallest absolute Gasteiger partial charge is 0.341 e. The molecule has 0 aliphatic carbocycles. The van der Waals surface area contributed by atoms with E-state index in [9.17, 15) is 4.79 Å². The summed E-state index contributed by atoms with van der Waals surface area (Å²) in [5, 5.41) is 0.686. The third-order valence-corrected chi connectivity index (χ3v) is 3.64. The Morgan fingerprint density at radius 3 is 2.48 bits per heavy atom. The molecule has 0 bridgehead atoms. The van der Waals surface area contributed by atoms with Crippen molar-refractivity contribution >= 4 is 22.6 Å². The van der Waals surface area contributed by atoms with Crippen molar-refractivity contribution in [1.82, 2.24) is 4.98 Å². The lowest BCUT2D eigenvalue weighted by atomic mass is 10.1. The SMILES string of the molecule is COC(=O)c1cc2c(N)cc(-c3ccccc3)nc2cc1OC. The molecule has 0 aliphatic heterocycles. The Hall–Kier alpha value is -3.08. The van der Waals surface area contributed by atoms with Crippen LogP contribution in [-0.2, 0) is 4.74 Å². The maximum Gasteiger partial charge on any atom is 0.341 e. The lowest BCUT2D eigenvalue weighted by molar-refractivity contribution is 0.0597. The minimum atomic E-state index is -0.477. The fourth-order valence-electron chi connectivity index (χ4n) is 2.48. The molecule has 0 aliphatic rings. The van der Waals surface area contributed by atoms with E-state index in [0.29, 0.717) is 27.9 Å². The Balaban J connectivity index is 2.23. The number of carbonyl (C=O) groups is 1. The van der Waals surface area contributed by atoms with Crippen LogP contribution in [0.3, 0.4) is 0 Å². The van der Waals surface area contributed by atoms with Crippen LogP contribution in [0, 0.1) is 0 Å². The molecule has 3 rings (SSSR count).